The molecule has 1 aliphatic heterocycles. The number of pyridine rings is 1. The van der Waals surface area contributed by atoms with Crippen LogP contribution in [0.25, 0.3) is 0 Å². The van der Waals surface area contributed by atoms with Crippen LogP contribution in [0, 0.1) is 12.7 Å². The first kappa shape index (κ1) is 22.6. The van der Waals surface area contributed by atoms with Crippen LogP contribution in [0.1, 0.15) is 24.0 Å². The SMILES string of the molecule is Cc1c(N(C)C2CCN(Cc3ccccc3)CC2)cnc(S(=O)(=O)Nc2cscn2)c1F. The molecular weight excluding hydrogens is 449 g/mol. The van der Waals surface area contributed by atoms with Gasteiger partial charge in [-0.3, -0.25) is 9.62 Å². The number of anilines is 2. The predicted octanol–water partition coefficient (Wildman–Crippen LogP) is 3.89. The highest BCUT2D eigenvalue weighted by atomic mass is 32.2. The van der Waals surface area contributed by atoms with E-state index >= 15 is 4.39 Å². The Morgan fingerprint density at radius 3 is 2.59 bits per heavy atom. The van der Waals surface area contributed by atoms with Crippen LogP contribution in [0.2, 0.25) is 0 Å². The van der Waals surface area contributed by atoms with E-state index in [0.29, 0.717) is 5.69 Å². The lowest BCUT2D eigenvalue weighted by Gasteiger charge is -2.38. The zero-order valence-corrected chi connectivity index (χ0v) is 19.7. The van der Waals surface area contributed by atoms with E-state index in [9.17, 15) is 8.42 Å². The third-order valence-corrected chi connectivity index (χ3v) is 7.72. The molecule has 32 heavy (non-hydrogen) atoms. The molecule has 7 nitrogen and oxygen atoms in total. The van der Waals surface area contributed by atoms with Crippen LogP contribution in [0.4, 0.5) is 15.9 Å². The summed E-state index contributed by atoms with van der Waals surface area (Å²) in [7, 11) is -2.24. The lowest BCUT2D eigenvalue weighted by molar-refractivity contribution is 0.203. The number of aromatic nitrogens is 2. The fourth-order valence-corrected chi connectivity index (χ4v) is 5.66. The third kappa shape index (κ3) is 4.92. The van der Waals surface area contributed by atoms with Crippen molar-refractivity contribution in [3.05, 3.63) is 64.4 Å². The predicted molar refractivity (Wildman–Crippen MR) is 125 cm³/mol. The molecule has 3 heterocycles. The lowest BCUT2D eigenvalue weighted by atomic mass is 10.0. The highest BCUT2D eigenvalue weighted by Crippen LogP contribution is 2.29. The number of thiazole rings is 1. The molecule has 170 valence electrons. The molecule has 1 aliphatic rings. The number of hydrogen-bond donors (Lipinski definition) is 1. The molecule has 0 spiro atoms. The number of piperidine rings is 1. The molecule has 2 aromatic heterocycles. The molecule has 1 N–H and O–H groups in total. The molecule has 0 atom stereocenters. The quantitative estimate of drug-likeness (QED) is 0.559. The van der Waals surface area contributed by atoms with Gasteiger partial charge in [-0.05, 0) is 25.3 Å². The monoisotopic (exact) mass is 475 g/mol. The molecule has 1 saturated heterocycles. The largest absolute Gasteiger partial charge is 0.370 e. The molecule has 4 rings (SSSR count). The molecule has 0 amide bonds. The van der Waals surface area contributed by atoms with Crippen LogP contribution < -0.4 is 9.62 Å². The van der Waals surface area contributed by atoms with E-state index in [1.165, 1.54) is 34.0 Å². The van der Waals surface area contributed by atoms with Gasteiger partial charge in [-0.15, -0.1) is 11.3 Å². The van der Waals surface area contributed by atoms with E-state index in [2.05, 4.69) is 43.9 Å². The van der Waals surface area contributed by atoms with Crippen molar-refractivity contribution in [3.63, 3.8) is 0 Å². The molecule has 0 unspecified atom stereocenters. The summed E-state index contributed by atoms with van der Waals surface area (Å²) in [5, 5.41) is 0.923. The van der Waals surface area contributed by atoms with Crippen LogP contribution in [0.5, 0.6) is 0 Å². The summed E-state index contributed by atoms with van der Waals surface area (Å²) in [6.07, 6.45) is 3.33. The summed E-state index contributed by atoms with van der Waals surface area (Å²) in [6, 6.07) is 10.6. The van der Waals surface area contributed by atoms with E-state index in [0.717, 1.165) is 32.5 Å². The standard InChI is InChI=1S/C22H26FN5O2S2/c1-16-19(12-24-22(21(16)23)32(29,30)26-20-14-31-15-25-20)27(2)18-8-10-28(11-9-18)13-17-6-4-3-5-7-17/h3-7,12,14-15,18,26H,8-11,13H2,1-2H3. The molecule has 1 aromatic carbocycles. The van der Waals surface area contributed by atoms with Gasteiger partial charge in [0.2, 0.25) is 5.03 Å². The van der Waals surface area contributed by atoms with E-state index in [-0.39, 0.29) is 17.4 Å². The summed E-state index contributed by atoms with van der Waals surface area (Å²) in [5.74, 6) is -0.684. The average molecular weight is 476 g/mol. The molecule has 0 saturated carbocycles. The van der Waals surface area contributed by atoms with Crippen LogP contribution in [0.15, 0.2) is 52.4 Å². The fraction of sp³-hybridized carbons (Fsp3) is 0.364. The normalized spacial score (nSPS) is 15.6. The Labute approximate surface area is 192 Å². The van der Waals surface area contributed by atoms with E-state index in [4.69, 9.17) is 0 Å². The smallest absolute Gasteiger partial charge is 0.283 e. The van der Waals surface area contributed by atoms with E-state index in [1.807, 2.05) is 18.0 Å². The van der Waals surface area contributed by atoms with Crippen molar-refractivity contribution in [2.75, 3.05) is 29.8 Å². The van der Waals surface area contributed by atoms with Crippen molar-refractivity contribution < 1.29 is 12.8 Å². The maximum absolute atomic E-state index is 15.1. The van der Waals surface area contributed by atoms with Gasteiger partial charge in [-0.25, -0.2) is 14.4 Å². The average Bonchev–Trinajstić information content (AvgIpc) is 3.28. The van der Waals surface area contributed by atoms with Gasteiger partial charge < -0.3 is 4.90 Å². The molecule has 0 bridgehead atoms. The second-order valence-corrected chi connectivity index (χ2v) is 10.3. The minimum atomic E-state index is -4.16. The fourth-order valence-electron chi connectivity index (χ4n) is 4.04. The second kappa shape index (κ2) is 9.51. The Bertz CT molecular complexity index is 1150. The van der Waals surface area contributed by atoms with Crippen molar-refractivity contribution in [2.24, 2.45) is 0 Å². The molecule has 3 aromatic rings. The van der Waals surface area contributed by atoms with Crippen LogP contribution in [-0.4, -0.2) is 49.5 Å². The van der Waals surface area contributed by atoms with Crippen LogP contribution >= 0.6 is 11.3 Å². The number of nitrogens with one attached hydrogen (secondary N) is 1. The van der Waals surface area contributed by atoms with Gasteiger partial charge in [0.15, 0.2) is 11.6 Å². The first-order valence-electron chi connectivity index (χ1n) is 10.4. The number of benzene rings is 1. The van der Waals surface area contributed by atoms with Crippen LogP contribution in [-0.2, 0) is 16.6 Å². The van der Waals surface area contributed by atoms with Gasteiger partial charge >= 0.3 is 0 Å². The number of nitrogens with zero attached hydrogens (tertiary/aromatic N) is 4. The zero-order valence-electron chi connectivity index (χ0n) is 18.0. The van der Waals surface area contributed by atoms with Crippen molar-refractivity contribution >= 4 is 32.9 Å². The van der Waals surface area contributed by atoms with Crippen molar-refractivity contribution in [3.8, 4) is 0 Å². The number of rotatable bonds is 7. The maximum atomic E-state index is 15.1. The molecular formula is C22H26FN5O2S2. The molecule has 0 radical (unpaired) electrons. The summed E-state index contributed by atoms with van der Waals surface area (Å²) in [5.41, 5.74) is 3.67. The van der Waals surface area contributed by atoms with Crippen molar-refractivity contribution in [2.45, 2.75) is 37.4 Å². The van der Waals surface area contributed by atoms with Crippen molar-refractivity contribution in [1.29, 1.82) is 0 Å². The minimum absolute atomic E-state index is 0.150. The number of hydrogen-bond acceptors (Lipinski definition) is 7. The van der Waals surface area contributed by atoms with E-state index < -0.39 is 20.9 Å². The van der Waals surface area contributed by atoms with Gasteiger partial charge in [-0.1, -0.05) is 30.3 Å². The van der Waals surface area contributed by atoms with Crippen molar-refractivity contribution in [1.82, 2.24) is 14.9 Å². The summed E-state index contributed by atoms with van der Waals surface area (Å²) in [6.45, 7) is 4.41. The van der Waals surface area contributed by atoms with Gasteiger partial charge in [-0.2, -0.15) is 8.42 Å². The first-order chi connectivity index (χ1) is 15.3. The third-order valence-electron chi connectivity index (χ3n) is 5.86. The molecule has 10 heteroatoms. The molecule has 1 fully saturated rings. The highest BCUT2D eigenvalue weighted by Gasteiger charge is 2.28. The number of halogens is 1. The Morgan fingerprint density at radius 1 is 1.22 bits per heavy atom. The molecule has 0 aliphatic carbocycles. The summed E-state index contributed by atoms with van der Waals surface area (Å²) >= 11 is 1.24. The Balaban J connectivity index is 1.44. The van der Waals surface area contributed by atoms with E-state index in [1.54, 1.807) is 6.92 Å². The number of sulfonamides is 1. The number of likely N-dealkylation sites (tertiary alicyclic amines) is 1. The minimum Gasteiger partial charge on any atom is -0.370 e. The first-order valence-corrected chi connectivity index (χ1v) is 12.8. The highest BCUT2D eigenvalue weighted by molar-refractivity contribution is 7.92. The van der Waals surface area contributed by atoms with Crippen LogP contribution in [0.3, 0.4) is 0 Å². The Kier molecular flexibility index (Phi) is 6.73. The van der Waals surface area contributed by atoms with Gasteiger partial charge in [0.25, 0.3) is 10.0 Å². The second-order valence-electron chi connectivity index (χ2n) is 7.97. The topological polar surface area (TPSA) is 78.4 Å². The zero-order chi connectivity index (χ0) is 22.7. The van der Waals surface area contributed by atoms with Gasteiger partial charge in [0.1, 0.15) is 0 Å². The Morgan fingerprint density at radius 2 is 1.94 bits per heavy atom. The van der Waals surface area contributed by atoms with Gasteiger partial charge in [0, 0.05) is 43.7 Å². The lowest BCUT2D eigenvalue weighted by Crippen LogP contribution is -2.43. The van der Waals surface area contributed by atoms with Gasteiger partial charge in [0.05, 0.1) is 17.4 Å². The summed E-state index contributed by atoms with van der Waals surface area (Å²) < 4.78 is 42.5. The maximum Gasteiger partial charge on any atom is 0.283 e. The Hall–Kier alpha value is -2.56. The summed E-state index contributed by atoms with van der Waals surface area (Å²) in [4.78, 5) is 12.3.